The number of nitrogens with one attached hydrogen (secondary N) is 1. The van der Waals surface area contributed by atoms with Gasteiger partial charge in [0.25, 0.3) is 11.8 Å². The third-order valence-corrected chi connectivity index (χ3v) is 6.32. The smallest absolute Gasteiger partial charge is 0.348 e. The van der Waals surface area contributed by atoms with E-state index in [0.717, 1.165) is 28.4 Å². The summed E-state index contributed by atoms with van der Waals surface area (Å²) in [7, 11) is 0. The van der Waals surface area contributed by atoms with Crippen molar-refractivity contribution < 1.29 is 19.1 Å². The van der Waals surface area contributed by atoms with Gasteiger partial charge in [-0.25, -0.2) is 9.78 Å². The molecule has 0 aromatic carbocycles. The molecule has 10 heteroatoms. The third kappa shape index (κ3) is 3.43. The first kappa shape index (κ1) is 19.8. The minimum atomic E-state index is -0.749. The lowest BCUT2D eigenvalue weighted by atomic mass is 10.1. The number of carbonyl (C=O) groups excluding carboxylic acids is 3. The van der Waals surface area contributed by atoms with Crippen LogP contribution in [-0.2, 0) is 4.74 Å². The minimum Gasteiger partial charge on any atom is -0.462 e. The Hall–Kier alpha value is -2.98. The van der Waals surface area contributed by atoms with E-state index in [0.29, 0.717) is 21.5 Å². The van der Waals surface area contributed by atoms with E-state index in [-0.39, 0.29) is 26.9 Å². The van der Waals surface area contributed by atoms with Crippen LogP contribution in [-0.4, -0.2) is 29.4 Å². The van der Waals surface area contributed by atoms with E-state index in [2.05, 4.69) is 10.3 Å². The maximum absolute atomic E-state index is 12.8. The van der Waals surface area contributed by atoms with Gasteiger partial charge in [0.2, 0.25) is 0 Å². The van der Waals surface area contributed by atoms with Crippen LogP contribution in [0.2, 0.25) is 0 Å². The lowest BCUT2D eigenvalue weighted by Crippen LogP contribution is -2.17. The van der Waals surface area contributed by atoms with E-state index in [9.17, 15) is 14.4 Å². The van der Waals surface area contributed by atoms with Crippen molar-refractivity contribution in [2.24, 2.45) is 5.73 Å². The molecule has 0 radical (unpaired) electrons. The Kier molecular flexibility index (Phi) is 5.34. The fraction of sp³-hybridized carbons (Fsp3) is 0.222. The molecular weight excluding hydrogens is 400 g/mol. The van der Waals surface area contributed by atoms with Crippen molar-refractivity contribution >= 4 is 61.4 Å². The van der Waals surface area contributed by atoms with Crippen LogP contribution in [0.4, 0.5) is 10.7 Å². The van der Waals surface area contributed by atoms with Gasteiger partial charge in [-0.1, -0.05) is 0 Å². The number of nitrogen functional groups attached to an aromatic ring is 1. The number of aromatic nitrogens is 1. The van der Waals surface area contributed by atoms with E-state index < -0.39 is 17.8 Å². The number of hydrogen-bond acceptors (Lipinski definition) is 8. The highest BCUT2D eigenvalue weighted by atomic mass is 32.1. The Morgan fingerprint density at radius 2 is 1.89 bits per heavy atom. The number of rotatable bonds is 5. The SMILES string of the molecule is CCOC(=O)c1sc(NC(=O)c2sc3nc(C)ccc3c2N)c(C(N)=O)c1C. The fourth-order valence-electron chi connectivity index (χ4n) is 2.71. The van der Waals surface area contributed by atoms with Crippen molar-refractivity contribution in [1.82, 2.24) is 4.98 Å². The van der Waals surface area contributed by atoms with Crippen LogP contribution in [0.1, 0.15) is 47.9 Å². The van der Waals surface area contributed by atoms with E-state index in [4.69, 9.17) is 16.2 Å². The predicted molar refractivity (Wildman–Crippen MR) is 110 cm³/mol. The number of aryl methyl sites for hydroxylation is 1. The van der Waals surface area contributed by atoms with Gasteiger partial charge in [-0.05, 0) is 38.5 Å². The Labute approximate surface area is 168 Å². The molecule has 3 aromatic heterocycles. The summed E-state index contributed by atoms with van der Waals surface area (Å²) >= 11 is 2.10. The normalized spacial score (nSPS) is 10.8. The Bertz CT molecular complexity index is 1120. The number of primary amides is 1. The molecule has 0 spiro atoms. The summed E-state index contributed by atoms with van der Waals surface area (Å²) in [6.45, 7) is 5.30. The second-order valence-corrected chi connectivity index (χ2v) is 7.97. The van der Waals surface area contributed by atoms with Crippen LogP contribution >= 0.6 is 22.7 Å². The summed E-state index contributed by atoms with van der Waals surface area (Å²) in [5.74, 6) is -1.83. The maximum Gasteiger partial charge on any atom is 0.348 e. The van der Waals surface area contributed by atoms with Gasteiger partial charge in [0.05, 0.1) is 17.9 Å². The van der Waals surface area contributed by atoms with Crippen LogP contribution in [0.5, 0.6) is 0 Å². The zero-order chi connectivity index (χ0) is 20.6. The van der Waals surface area contributed by atoms with Crippen LogP contribution in [0.25, 0.3) is 10.2 Å². The van der Waals surface area contributed by atoms with Gasteiger partial charge in [0.15, 0.2) is 0 Å². The average Bonchev–Trinajstić information content (AvgIpc) is 3.12. The number of ether oxygens (including phenoxy) is 1. The van der Waals surface area contributed by atoms with Crippen LogP contribution in [0.15, 0.2) is 12.1 Å². The molecule has 146 valence electrons. The van der Waals surface area contributed by atoms with Gasteiger partial charge < -0.3 is 21.5 Å². The third-order valence-electron chi connectivity index (χ3n) is 4.02. The molecule has 5 N–H and O–H groups in total. The van der Waals surface area contributed by atoms with E-state index in [1.165, 1.54) is 0 Å². The van der Waals surface area contributed by atoms with Gasteiger partial charge in [0.1, 0.15) is 19.6 Å². The number of hydrogen-bond donors (Lipinski definition) is 3. The Balaban J connectivity index is 2.00. The van der Waals surface area contributed by atoms with Crippen LogP contribution in [0, 0.1) is 13.8 Å². The number of pyridine rings is 1. The number of amides is 2. The van der Waals surface area contributed by atoms with E-state index >= 15 is 0 Å². The molecule has 0 saturated heterocycles. The molecule has 28 heavy (non-hydrogen) atoms. The first-order valence-electron chi connectivity index (χ1n) is 8.31. The molecule has 3 rings (SSSR count). The highest BCUT2D eigenvalue weighted by molar-refractivity contribution is 7.21. The van der Waals surface area contributed by atoms with E-state index in [1.54, 1.807) is 13.8 Å². The van der Waals surface area contributed by atoms with Crippen molar-refractivity contribution in [2.75, 3.05) is 17.7 Å². The molecule has 0 aliphatic heterocycles. The molecule has 0 bridgehead atoms. The van der Waals surface area contributed by atoms with Gasteiger partial charge in [-0.15, -0.1) is 22.7 Å². The number of esters is 1. The van der Waals surface area contributed by atoms with Gasteiger partial charge in [-0.3, -0.25) is 9.59 Å². The Morgan fingerprint density at radius 1 is 1.18 bits per heavy atom. The van der Waals surface area contributed by atoms with Gasteiger partial charge >= 0.3 is 5.97 Å². The quantitative estimate of drug-likeness (QED) is 0.545. The molecule has 0 saturated carbocycles. The summed E-state index contributed by atoms with van der Waals surface area (Å²) in [4.78, 5) is 42.3. The van der Waals surface area contributed by atoms with E-state index in [1.807, 2.05) is 19.1 Å². The first-order valence-corrected chi connectivity index (χ1v) is 9.95. The summed E-state index contributed by atoms with van der Waals surface area (Å²) in [5.41, 5.74) is 13.1. The number of nitrogens with zero attached hydrogens (tertiary/aromatic N) is 1. The van der Waals surface area contributed by atoms with Crippen molar-refractivity contribution in [1.29, 1.82) is 0 Å². The summed E-state index contributed by atoms with van der Waals surface area (Å²) in [5, 5.41) is 3.52. The number of thiophene rings is 2. The molecule has 0 atom stereocenters. The van der Waals surface area contributed by atoms with Crippen LogP contribution < -0.4 is 16.8 Å². The topological polar surface area (TPSA) is 137 Å². The predicted octanol–water partition coefficient (Wildman–Crippen LogP) is 3.08. The zero-order valence-corrected chi connectivity index (χ0v) is 17.0. The minimum absolute atomic E-state index is 0.0788. The lowest BCUT2D eigenvalue weighted by molar-refractivity contribution is 0.0531. The van der Waals surface area contributed by atoms with Crippen molar-refractivity contribution in [2.45, 2.75) is 20.8 Å². The van der Waals surface area contributed by atoms with Crippen molar-refractivity contribution in [3.05, 3.63) is 38.7 Å². The number of fused-ring (bicyclic) bond motifs is 1. The molecule has 3 heterocycles. The fourth-order valence-corrected chi connectivity index (χ4v) is 4.84. The van der Waals surface area contributed by atoms with Crippen molar-refractivity contribution in [3.63, 3.8) is 0 Å². The van der Waals surface area contributed by atoms with Gasteiger partial charge in [0, 0.05) is 11.1 Å². The molecule has 0 unspecified atom stereocenters. The highest BCUT2D eigenvalue weighted by Gasteiger charge is 2.26. The average molecular weight is 419 g/mol. The molecular formula is C18H18N4O4S2. The Morgan fingerprint density at radius 3 is 2.54 bits per heavy atom. The molecule has 3 aromatic rings. The number of anilines is 2. The number of nitrogens with two attached hydrogens (primary N) is 2. The molecule has 8 nitrogen and oxygen atoms in total. The van der Waals surface area contributed by atoms with Gasteiger partial charge in [-0.2, -0.15) is 0 Å². The maximum atomic E-state index is 12.8. The standard InChI is InChI=1S/C18H18N4O4S2/c1-4-26-18(25)12-8(3)10(14(20)23)17(27-12)22-15(24)13-11(19)9-6-5-7(2)21-16(9)28-13/h5-6H,4,19H2,1-3H3,(H2,20,23)(H,22,24). The monoisotopic (exact) mass is 418 g/mol. The largest absolute Gasteiger partial charge is 0.462 e. The number of carbonyl (C=O) groups is 3. The summed E-state index contributed by atoms with van der Waals surface area (Å²) in [6.07, 6.45) is 0. The molecule has 2 amide bonds. The lowest BCUT2D eigenvalue weighted by Gasteiger charge is -2.04. The summed E-state index contributed by atoms with van der Waals surface area (Å²) < 4.78 is 5.00. The highest BCUT2D eigenvalue weighted by Crippen LogP contribution is 2.36. The second-order valence-electron chi connectivity index (χ2n) is 5.95. The van der Waals surface area contributed by atoms with Crippen molar-refractivity contribution in [3.8, 4) is 0 Å². The zero-order valence-electron chi connectivity index (χ0n) is 15.4. The molecule has 0 aliphatic rings. The molecule has 0 fully saturated rings. The van der Waals surface area contributed by atoms with Crippen LogP contribution in [0.3, 0.4) is 0 Å². The summed E-state index contributed by atoms with van der Waals surface area (Å²) in [6, 6.07) is 3.62. The molecule has 0 aliphatic carbocycles. The second kappa shape index (κ2) is 7.56. The first-order chi connectivity index (χ1) is 13.2.